The minimum Gasteiger partial charge on any atom is -0.379 e. The van der Waals surface area contributed by atoms with Gasteiger partial charge in [0.1, 0.15) is 5.82 Å². The number of benzene rings is 1. The maximum absolute atomic E-state index is 12.8. The van der Waals surface area contributed by atoms with Crippen LogP contribution in [0.4, 0.5) is 5.82 Å². The Morgan fingerprint density at radius 1 is 1.00 bits per heavy atom. The first-order valence-corrected chi connectivity index (χ1v) is 11.5. The molecule has 0 unspecified atom stereocenters. The molecular weight excluding hydrogens is 402 g/mol. The molecule has 0 radical (unpaired) electrons. The molecule has 3 aromatic rings. The molecule has 7 nitrogen and oxygen atoms in total. The lowest BCUT2D eigenvalue weighted by atomic mass is 9.82. The van der Waals surface area contributed by atoms with Gasteiger partial charge in [-0.1, -0.05) is 12.1 Å². The molecule has 2 aliphatic rings. The number of hydrogen-bond acceptors (Lipinski definition) is 7. The summed E-state index contributed by atoms with van der Waals surface area (Å²) < 4.78 is 5.46. The number of Topliss-reactive ketones (excluding diaryl/α,β-unsaturated/α-hetero) is 1. The van der Waals surface area contributed by atoms with E-state index in [-0.39, 0.29) is 5.92 Å². The van der Waals surface area contributed by atoms with Gasteiger partial charge in [0.15, 0.2) is 5.78 Å². The van der Waals surface area contributed by atoms with Gasteiger partial charge >= 0.3 is 0 Å². The summed E-state index contributed by atoms with van der Waals surface area (Å²) in [4.78, 5) is 28.4. The smallest absolute Gasteiger partial charge is 0.154 e. The van der Waals surface area contributed by atoms with Crippen LogP contribution < -0.4 is 5.32 Å². The van der Waals surface area contributed by atoms with Gasteiger partial charge in [0.05, 0.1) is 31.6 Å². The van der Waals surface area contributed by atoms with Crippen molar-refractivity contribution < 1.29 is 9.53 Å². The lowest BCUT2D eigenvalue weighted by molar-refractivity contribution is -0.122. The molecule has 1 aromatic carbocycles. The third-order valence-corrected chi connectivity index (χ3v) is 6.74. The zero-order chi connectivity index (χ0) is 21.8. The Morgan fingerprint density at radius 3 is 2.62 bits per heavy atom. The van der Waals surface area contributed by atoms with Gasteiger partial charge in [-0.3, -0.25) is 19.7 Å². The van der Waals surface area contributed by atoms with Crippen LogP contribution in [0.5, 0.6) is 0 Å². The number of fused-ring (bicyclic) bond motifs is 1. The summed E-state index contributed by atoms with van der Waals surface area (Å²) in [6.45, 7) is 4.05. The monoisotopic (exact) mass is 431 g/mol. The maximum atomic E-state index is 12.8. The number of anilines is 1. The van der Waals surface area contributed by atoms with Crippen LogP contribution in [0.15, 0.2) is 49.1 Å². The summed E-state index contributed by atoms with van der Waals surface area (Å²) >= 11 is 0. The maximum Gasteiger partial charge on any atom is 0.154 e. The molecule has 5 rings (SSSR count). The van der Waals surface area contributed by atoms with Crippen LogP contribution in [0, 0.1) is 5.92 Å². The van der Waals surface area contributed by atoms with Crippen LogP contribution in [0.3, 0.4) is 0 Å². The van der Waals surface area contributed by atoms with Crippen molar-refractivity contribution in [1.82, 2.24) is 19.9 Å². The van der Waals surface area contributed by atoms with E-state index in [0.29, 0.717) is 18.4 Å². The Bertz CT molecular complexity index is 1060. The summed E-state index contributed by atoms with van der Waals surface area (Å²) in [7, 11) is 0. The highest BCUT2D eigenvalue weighted by atomic mass is 16.5. The van der Waals surface area contributed by atoms with E-state index in [1.54, 1.807) is 18.6 Å². The molecule has 1 saturated heterocycles. The Labute approximate surface area is 188 Å². The van der Waals surface area contributed by atoms with Gasteiger partial charge in [-0.2, -0.15) is 0 Å². The fourth-order valence-electron chi connectivity index (χ4n) is 4.87. The number of pyridine rings is 1. The van der Waals surface area contributed by atoms with Crippen molar-refractivity contribution in [3.8, 4) is 11.3 Å². The number of morpholine rings is 1. The van der Waals surface area contributed by atoms with Gasteiger partial charge in [-0.25, -0.2) is 4.98 Å². The number of aromatic nitrogens is 3. The molecule has 1 N–H and O–H groups in total. The number of rotatable bonds is 6. The molecular formula is C25H29N5O2. The minimum atomic E-state index is 0.156. The Morgan fingerprint density at radius 2 is 1.84 bits per heavy atom. The first-order valence-electron chi connectivity index (χ1n) is 11.5. The van der Waals surface area contributed by atoms with Gasteiger partial charge in [-0.05, 0) is 43.2 Å². The summed E-state index contributed by atoms with van der Waals surface area (Å²) in [6.07, 6.45) is 11.1. The molecule has 0 amide bonds. The van der Waals surface area contributed by atoms with E-state index in [4.69, 9.17) is 4.74 Å². The van der Waals surface area contributed by atoms with E-state index in [9.17, 15) is 4.79 Å². The van der Waals surface area contributed by atoms with Crippen molar-refractivity contribution in [1.29, 1.82) is 0 Å². The zero-order valence-corrected chi connectivity index (χ0v) is 18.2. The fraction of sp³-hybridized carbons (Fsp3) is 0.440. The second kappa shape index (κ2) is 9.71. The van der Waals surface area contributed by atoms with E-state index in [0.717, 1.165) is 79.8 Å². The van der Waals surface area contributed by atoms with Crippen molar-refractivity contribution in [3.63, 3.8) is 0 Å². The number of hydrogen-bond donors (Lipinski definition) is 1. The van der Waals surface area contributed by atoms with Crippen LogP contribution in [0.2, 0.25) is 0 Å². The second-order valence-corrected chi connectivity index (χ2v) is 8.70. The first-order chi connectivity index (χ1) is 15.8. The highest BCUT2D eigenvalue weighted by Crippen LogP contribution is 2.29. The lowest BCUT2D eigenvalue weighted by Crippen LogP contribution is -2.45. The Balaban J connectivity index is 1.18. The number of carbonyl (C=O) groups is 1. The summed E-state index contributed by atoms with van der Waals surface area (Å²) in [5.41, 5.74) is 1.85. The first kappa shape index (κ1) is 21.0. The van der Waals surface area contributed by atoms with E-state index in [1.165, 1.54) is 0 Å². The Hall–Kier alpha value is -2.90. The SMILES string of the molecule is O=C(CNc1cc2cc(-c3cnccn3)ccc2cn1)C1CCC(N2CCOCC2)CC1. The van der Waals surface area contributed by atoms with Crippen LogP contribution in [-0.2, 0) is 9.53 Å². The van der Waals surface area contributed by atoms with Crippen molar-refractivity contribution in [2.75, 3.05) is 38.2 Å². The largest absolute Gasteiger partial charge is 0.379 e. The molecule has 0 spiro atoms. The number of nitrogens with one attached hydrogen (secondary N) is 1. The van der Waals surface area contributed by atoms with Gasteiger partial charge in [0, 0.05) is 54.6 Å². The summed E-state index contributed by atoms with van der Waals surface area (Å²) in [6, 6.07) is 8.76. The normalized spacial score (nSPS) is 22.0. The molecule has 0 bridgehead atoms. The second-order valence-electron chi connectivity index (χ2n) is 8.70. The average molecular weight is 432 g/mol. The van der Waals surface area contributed by atoms with Crippen molar-refractivity contribution >= 4 is 22.4 Å². The number of ketones is 1. The zero-order valence-electron chi connectivity index (χ0n) is 18.2. The van der Waals surface area contributed by atoms with Gasteiger partial charge in [0.25, 0.3) is 0 Å². The van der Waals surface area contributed by atoms with Gasteiger partial charge < -0.3 is 10.1 Å². The van der Waals surface area contributed by atoms with E-state index in [2.05, 4.69) is 31.2 Å². The van der Waals surface area contributed by atoms with Gasteiger partial charge in [0.2, 0.25) is 0 Å². The van der Waals surface area contributed by atoms with E-state index >= 15 is 0 Å². The molecule has 1 aliphatic carbocycles. The van der Waals surface area contributed by atoms with Crippen LogP contribution >= 0.6 is 0 Å². The molecule has 32 heavy (non-hydrogen) atoms. The molecule has 1 saturated carbocycles. The van der Waals surface area contributed by atoms with Crippen LogP contribution in [-0.4, -0.2) is 64.5 Å². The van der Waals surface area contributed by atoms with Gasteiger partial charge in [-0.15, -0.1) is 0 Å². The molecule has 1 aliphatic heterocycles. The molecule has 7 heteroatoms. The highest BCUT2D eigenvalue weighted by molar-refractivity contribution is 5.89. The third-order valence-electron chi connectivity index (χ3n) is 6.74. The molecule has 2 fully saturated rings. The number of carbonyl (C=O) groups excluding carboxylic acids is 1. The number of ether oxygens (including phenoxy) is 1. The predicted octanol–water partition coefficient (Wildman–Crippen LogP) is 3.56. The van der Waals surface area contributed by atoms with E-state index < -0.39 is 0 Å². The average Bonchev–Trinajstić information content (AvgIpc) is 2.88. The standard InChI is InChI=1S/C25H29N5O2/c31-24(18-3-5-22(6-4-18)30-9-11-32-12-10-30)17-29-25-14-21-13-19(1-2-20(21)15-28-25)23-16-26-7-8-27-23/h1-2,7-8,13-16,18,22H,3-6,9-12,17H2,(H,28,29). The molecule has 0 atom stereocenters. The van der Waals surface area contributed by atoms with E-state index in [1.807, 2.05) is 24.4 Å². The van der Waals surface area contributed by atoms with Crippen molar-refractivity contribution in [2.24, 2.45) is 5.92 Å². The van der Waals surface area contributed by atoms with Crippen LogP contribution in [0.1, 0.15) is 25.7 Å². The summed E-state index contributed by atoms with van der Waals surface area (Å²) in [5.74, 6) is 1.17. The third kappa shape index (κ3) is 4.79. The highest BCUT2D eigenvalue weighted by Gasteiger charge is 2.29. The molecule has 3 heterocycles. The minimum absolute atomic E-state index is 0.156. The fourth-order valence-corrected chi connectivity index (χ4v) is 4.87. The topological polar surface area (TPSA) is 80.2 Å². The molecule has 166 valence electrons. The quantitative estimate of drug-likeness (QED) is 0.639. The van der Waals surface area contributed by atoms with Crippen molar-refractivity contribution in [3.05, 3.63) is 49.1 Å². The predicted molar refractivity (Wildman–Crippen MR) is 124 cm³/mol. The lowest BCUT2D eigenvalue weighted by Gasteiger charge is -2.38. The number of nitrogens with zero attached hydrogens (tertiary/aromatic N) is 4. The summed E-state index contributed by atoms with van der Waals surface area (Å²) in [5, 5.41) is 5.36. The molecule has 2 aromatic heterocycles. The van der Waals surface area contributed by atoms with Crippen molar-refractivity contribution in [2.45, 2.75) is 31.7 Å². The van der Waals surface area contributed by atoms with Crippen LogP contribution in [0.25, 0.3) is 22.0 Å². The Kier molecular flexibility index (Phi) is 6.36.